The Kier molecular flexibility index (Phi) is 8.33. The number of aryl methyl sites for hydroxylation is 1. The molecule has 0 amide bonds. The lowest BCUT2D eigenvalue weighted by molar-refractivity contribution is 0.267. The molecule has 9 heteroatoms. The summed E-state index contributed by atoms with van der Waals surface area (Å²) in [4.78, 5) is 0. The summed E-state index contributed by atoms with van der Waals surface area (Å²) >= 11 is 9.68. The van der Waals surface area contributed by atoms with E-state index in [9.17, 15) is 0 Å². The molecule has 0 radical (unpaired) electrons. The molecule has 1 aromatic heterocycles. The largest absolute Gasteiger partial charge is 0.490 e. The minimum Gasteiger partial charge on any atom is -0.490 e. The van der Waals surface area contributed by atoms with Gasteiger partial charge in [0, 0.05) is 18.1 Å². The van der Waals surface area contributed by atoms with E-state index >= 15 is 0 Å². The maximum absolute atomic E-state index is 6.06. The second kappa shape index (κ2) is 11.2. The Balaban J connectivity index is 1.71. The first-order valence-corrected chi connectivity index (χ1v) is 11.1. The van der Waals surface area contributed by atoms with Crippen molar-refractivity contribution >= 4 is 33.5 Å². The number of aromatic nitrogens is 4. The first-order chi connectivity index (χ1) is 14.6. The molecule has 0 saturated heterocycles. The third kappa shape index (κ3) is 6.09. The van der Waals surface area contributed by atoms with Crippen molar-refractivity contribution in [3.63, 3.8) is 0 Å². The zero-order chi connectivity index (χ0) is 21.3. The predicted octanol–water partition coefficient (Wildman–Crippen LogP) is 5.48. The van der Waals surface area contributed by atoms with E-state index < -0.39 is 0 Å². The van der Waals surface area contributed by atoms with Gasteiger partial charge in [0.25, 0.3) is 0 Å². The number of ether oxygens (including phenoxy) is 2. The van der Waals surface area contributed by atoms with Crippen molar-refractivity contribution in [1.29, 1.82) is 0 Å². The molecule has 2 aromatic carbocycles. The van der Waals surface area contributed by atoms with Crippen LogP contribution in [0.15, 0.2) is 40.9 Å². The number of benzene rings is 2. The molecule has 0 unspecified atom stereocenters. The van der Waals surface area contributed by atoms with E-state index in [1.165, 1.54) is 0 Å². The highest BCUT2D eigenvalue weighted by atomic mass is 79.9. The van der Waals surface area contributed by atoms with Crippen LogP contribution in [0, 0.1) is 0 Å². The fraction of sp³-hybridized carbons (Fsp3) is 0.381. The van der Waals surface area contributed by atoms with E-state index in [4.69, 9.17) is 21.1 Å². The maximum atomic E-state index is 6.06. The van der Waals surface area contributed by atoms with Gasteiger partial charge in [-0.05, 0) is 75.1 Å². The van der Waals surface area contributed by atoms with Gasteiger partial charge in [-0.2, -0.15) is 0 Å². The minimum atomic E-state index is 0.392. The summed E-state index contributed by atoms with van der Waals surface area (Å²) in [6.07, 6.45) is 2.11. The molecule has 3 aromatic rings. The number of hydrogen-bond acceptors (Lipinski definition) is 6. The van der Waals surface area contributed by atoms with Crippen molar-refractivity contribution in [2.45, 2.75) is 46.4 Å². The highest BCUT2D eigenvalue weighted by Crippen LogP contribution is 2.37. The van der Waals surface area contributed by atoms with Gasteiger partial charge in [0.05, 0.1) is 11.1 Å². The second-order valence-corrected chi connectivity index (χ2v) is 7.98. The molecule has 0 saturated carbocycles. The smallest absolute Gasteiger partial charge is 0.243 e. The van der Waals surface area contributed by atoms with Gasteiger partial charge in [-0.3, -0.25) is 0 Å². The van der Waals surface area contributed by atoms with Gasteiger partial charge in [0.1, 0.15) is 6.61 Å². The molecule has 0 spiro atoms. The predicted molar refractivity (Wildman–Crippen MR) is 121 cm³/mol. The van der Waals surface area contributed by atoms with E-state index in [1.54, 1.807) is 4.68 Å². The lowest BCUT2D eigenvalue weighted by Crippen LogP contribution is -2.09. The lowest BCUT2D eigenvalue weighted by Gasteiger charge is -2.16. The van der Waals surface area contributed by atoms with Gasteiger partial charge < -0.3 is 14.8 Å². The first-order valence-electron chi connectivity index (χ1n) is 9.93. The monoisotopic (exact) mass is 493 g/mol. The molecule has 0 atom stereocenters. The standard InChI is InChI=1S/C21H25BrClN5O2/c1-3-5-9-28-21(25-26-27-28)24-13-16-11-18(22)20(19(12-16)29-4-2)30-14-15-7-6-8-17(23)10-15/h6-8,10-12H,3-5,9,13-14H2,1-2H3,(H,24,25,27). The summed E-state index contributed by atoms with van der Waals surface area (Å²) in [5.74, 6) is 1.99. The average Bonchev–Trinajstić information content (AvgIpc) is 3.17. The van der Waals surface area contributed by atoms with Crippen LogP contribution in [-0.4, -0.2) is 26.8 Å². The number of unbranched alkanes of at least 4 members (excludes halogenated alkanes) is 1. The molecular formula is C21H25BrClN5O2. The van der Waals surface area contributed by atoms with E-state index in [-0.39, 0.29) is 0 Å². The van der Waals surface area contributed by atoms with E-state index in [1.807, 2.05) is 43.3 Å². The number of tetrazole rings is 1. The third-order valence-corrected chi connectivity index (χ3v) is 5.17. The fourth-order valence-electron chi connectivity index (χ4n) is 2.88. The zero-order valence-electron chi connectivity index (χ0n) is 17.1. The highest BCUT2D eigenvalue weighted by Gasteiger charge is 2.14. The topological polar surface area (TPSA) is 74.1 Å². The molecular weight excluding hydrogens is 470 g/mol. The molecule has 0 bridgehead atoms. The SMILES string of the molecule is CCCCn1nnnc1NCc1cc(Br)c(OCc2cccc(Cl)c2)c(OCC)c1. The molecule has 30 heavy (non-hydrogen) atoms. The summed E-state index contributed by atoms with van der Waals surface area (Å²) in [6.45, 7) is 6.35. The minimum absolute atomic E-state index is 0.392. The summed E-state index contributed by atoms with van der Waals surface area (Å²) in [7, 11) is 0. The Morgan fingerprint density at radius 1 is 1.13 bits per heavy atom. The number of halogens is 2. The Labute approximate surface area is 189 Å². The lowest BCUT2D eigenvalue weighted by atomic mass is 10.2. The van der Waals surface area contributed by atoms with Gasteiger partial charge in [-0.15, -0.1) is 0 Å². The van der Waals surface area contributed by atoms with Crippen LogP contribution in [0.4, 0.5) is 5.95 Å². The number of rotatable bonds is 11. The molecule has 1 N–H and O–H groups in total. The molecule has 1 heterocycles. The van der Waals surface area contributed by atoms with Crippen molar-refractivity contribution in [3.8, 4) is 11.5 Å². The Bertz CT molecular complexity index is 966. The number of anilines is 1. The van der Waals surface area contributed by atoms with E-state index in [2.05, 4.69) is 43.7 Å². The van der Waals surface area contributed by atoms with Crippen molar-refractivity contribution < 1.29 is 9.47 Å². The van der Waals surface area contributed by atoms with Crippen LogP contribution in [0.2, 0.25) is 5.02 Å². The maximum Gasteiger partial charge on any atom is 0.243 e. The van der Waals surface area contributed by atoms with Crippen LogP contribution in [0.1, 0.15) is 37.8 Å². The molecule has 0 aliphatic carbocycles. The zero-order valence-corrected chi connectivity index (χ0v) is 19.4. The Morgan fingerprint density at radius 3 is 2.77 bits per heavy atom. The average molecular weight is 495 g/mol. The van der Waals surface area contributed by atoms with Crippen LogP contribution in [0.3, 0.4) is 0 Å². The molecule has 0 aliphatic heterocycles. The number of hydrogen-bond donors (Lipinski definition) is 1. The van der Waals surface area contributed by atoms with Crippen molar-refractivity contribution in [2.24, 2.45) is 0 Å². The fourth-order valence-corrected chi connectivity index (χ4v) is 3.70. The van der Waals surface area contributed by atoms with E-state index in [0.29, 0.717) is 42.2 Å². The molecule has 0 aliphatic rings. The number of nitrogens with one attached hydrogen (secondary N) is 1. The summed E-state index contributed by atoms with van der Waals surface area (Å²) in [5.41, 5.74) is 2.01. The molecule has 0 fully saturated rings. The Hall–Kier alpha value is -2.32. The first kappa shape index (κ1) is 22.4. The van der Waals surface area contributed by atoms with Crippen LogP contribution in [0.25, 0.3) is 0 Å². The Morgan fingerprint density at radius 2 is 2.00 bits per heavy atom. The van der Waals surface area contributed by atoms with E-state index in [0.717, 1.165) is 35.0 Å². The third-order valence-electron chi connectivity index (χ3n) is 4.35. The quantitative estimate of drug-likeness (QED) is 0.380. The summed E-state index contributed by atoms with van der Waals surface area (Å²) in [6, 6.07) is 11.6. The van der Waals surface area contributed by atoms with Crippen LogP contribution >= 0.6 is 27.5 Å². The van der Waals surface area contributed by atoms with Gasteiger partial charge >= 0.3 is 0 Å². The van der Waals surface area contributed by atoms with Crippen molar-refractivity contribution in [1.82, 2.24) is 20.2 Å². The van der Waals surface area contributed by atoms with Crippen LogP contribution in [0.5, 0.6) is 11.5 Å². The van der Waals surface area contributed by atoms with Gasteiger partial charge in [0.2, 0.25) is 5.95 Å². The van der Waals surface area contributed by atoms with Gasteiger partial charge in [-0.1, -0.05) is 42.2 Å². The summed E-state index contributed by atoms with van der Waals surface area (Å²) < 4.78 is 14.5. The van der Waals surface area contributed by atoms with Crippen molar-refractivity contribution in [3.05, 3.63) is 57.0 Å². The molecule has 7 nitrogen and oxygen atoms in total. The van der Waals surface area contributed by atoms with Crippen molar-refractivity contribution in [2.75, 3.05) is 11.9 Å². The van der Waals surface area contributed by atoms with Crippen LogP contribution in [-0.2, 0) is 19.7 Å². The highest BCUT2D eigenvalue weighted by molar-refractivity contribution is 9.10. The summed E-state index contributed by atoms with van der Waals surface area (Å²) in [5, 5.41) is 15.8. The number of nitrogens with zero attached hydrogens (tertiary/aromatic N) is 4. The van der Waals surface area contributed by atoms with Crippen LogP contribution < -0.4 is 14.8 Å². The van der Waals surface area contributed by atoms with Gasteiger partial charge in [0.15, 0.2) is 11.5 Å². The molecule has 160 valence electrons. The molecule has 3 rings (SSSR count). The normalized spacial score (nSPS) is 10.8. The van der Waals surface area contributed by atoms with Gasteiger partial charge in [-0.25, -0.2) is 4.68 Å². The second-order valence-electron chi connectivity index (χ2n) is 6.69.